The van der Waals surface area contributed by atoms with Crippen LogP contribution in [0.1, 0.15) is 33.1 Å². The summed E-state index contributed by atoms with van der Waals surface area (Å²) in [5.41, 5.74) is 5.64. The summed E-state index contributed by atoms with van der Waals surface area (Å²) in [4.78, 5) is 3.83. The molecule has 0 aliphatic heterocycles. The van der Waals surface area contributed by atoms with Gasteiger partial charge in [0, 0.05) is 13.1 Å². The molecule has 3 unspecified atom stereocenters. The second-order valence-corrected chi connectivity index (χ2v) is 7.17. The predicted molar refractivity (Wildman–Crippen MR) is 73.9 cm³/mol. The minimum atomic E-state index is -3.61. The maximum absolute atomic E-state index is 12.4. The zero-order chi connectivity index (χ0) is 14.2. The number of nitrogens with one attached hydrogen (secondary N) is 1. The number of sulfonamides is 1. The van der Waals surface area contributed by atoms with E-state index in [1.807, 2.05) is 0 Å². The van der Waals surface area contributed by atoms with Crippen LogP contribution >= 0.6 is 0 Å². The van der Waals surface area contributed by atoms with Gasteiger partial charge in [0.15, 0.2) is 10.8 Å². The smallest absolute Gasteiger partial charge is 0.260 e. The van der Waals surface area contributed by atoms with Crippen molar-refractivity contribution >= 4 is 15.8 Å². The summed E-state index contributed by atoms with van der Waals surface area (Å²) in [6.07, 6.45) is 4.51. The lowest BCUT2D eigenvalue weighted by molar-refractivity contribution is 0.226. The van der Waals surface area contributed by atoms with Gasteiger partial charge >= 0.3 is 0 Å². The molecular weight excluding hydrogens is 264 g/mol. The third-order valence-electron chi connectivity index (χ3n) is 4.18. The average Bonchev–Trinajstić information content (AvgIpc) is 2.65. The van der Waals surface area contributed by atoms with Crippen LogP contribution in [0.3, 0.4) is 0 Å². The summed E-state index contributed by atoms with van der Waals surface area (Å²) < 4.78 is 29.0. The Morgan fingerprint density at radius 1 is 1.42 bits per heavy atom. The van der Waals surface area contributed by atoms with Crippen LogP contribution in [0.25, 0.3) is 0 Å². The van der Waals surface area contributed by atoms with Crippen LogP contribution in [0.4, 0.5) is 5.82 Å². The van der Waals surface area contributed by atoms with E-state index in [-0.39, 0.29) is 16.9 Å². The summed E-state index contributed by atoms with van der Waals surface area (Å²) >= 11 is 0. The summed E-state index contributed by atoms with van der Waals surface area (Å²) in [6.45, 7) is 4.27. The Bertz CT molecular complexity index is 533. The van der Waals surface area contributed by atoms with Crippen LogP contribution < -0.4 is 10.5 Å². The number of hydrogen-bond acceptors (Lipinski definition) is 4. The average molecular weight is 286 g/mol. The van der Waals surface area contributed by atoms with Crippen molar-refractivity contribution in [2.24, 2.45) is 18.9 Å². The van der Waals surface area contributed by atoms with Crippen molar-refractivity contribution in [2.75, 3.05) is 5.73 Å². The zero-order valence-corrected chi connectivity index (χ0v) is 12.4. The number of hydrogen-bond donors (Lipinski definition) is 2. The van der Waals surface area contributed by atoms with E-state index in [1.165, 1.54) is 10.9 Å². The maximum Gasteiger partial charge on any atom is 0.260 e. The zero-order valence-electron chi connectivity index (χ0n) is 11.6. The molecule has 0 aromatic carbocycles. The Kier molecular flexibility index (Phi) is 3.87. The molecule has 0 saturated heterocycles. The lowest BCUT2D eigenvalue weighted by Gasteiger charge is -2.34. The molecule has 3 N–H and O–H groups in total. The molecule has 1 fully saturated rings. The quantitative estimate of drug-likeness (QED) is 0.871. The fraction of sp³-hybridized carbons (Fsp3) is 0.750. The molecule has 2 rings (SSSR count). The van der Waals surface area contributed by atoms with E-state index in [0.717, 1.165) is 19.3 Å². The van der Waals surface area contributed by atoms with Gasteiger partial charge in [-0.15, -0.1) is 0 Å². The first-order valence-electron chi connectivity index (χ1n) is 6.62. The van der Waals surface area contributed by atoms with Crippen LogP contribution in [0.15, 0.2) is 11.4 Å². The molecule has 0 bridgehead atoms. The van der Waals surface area contributed by atoms with Gasteiger partial charge in [0.1, 0.15) is 0 Å². The molecule has 6 nitrogen and oxygen atoms in total. The predicted octanol–water partition coefficient (Wildman–Crippen LogP) is 1.11. The maximum atomic E-state index is 12.4. The fourth-order valence-corrected chi connectivity index (χ4v) is 4.36. The Morgan fingerprint density at radius 2 is 2.11 bits per heavy atom. The lowest BCUT2D eigenvalue weighted by atomic mass is 9.78. The van der Waals surface area contributed by atoms with Crippen molar-refractivity contribution in [3.8, 4) is 0 Å². The Balaban J connectivity index is 2.22. The SMILES string of the molecule is CC1CCCC(NS(=O)(=O)c2c(N)ncn2C)C1C. The lowest BCUT2D eigenvalue weighted by Crippen LogP contribution is -2.44. The highest BCUT2D eigenvalue weighted by atomic mass is 32.2. The van der Waals surface area contributed by atoms with E-state index in [0.29, 0.717) is 11.8 Å². The van der Waals surface area contributed by atoms with Gasteiger partial charge in [-0.25, -0.2) is 18.1 Å². The summed E-state index contributed by atoms with van der Waals surface area (Å²) in [5, 5.41) is 0.0536. The van der Waals surface area contributed by atoms with Crippen molar-refractivity contribution < 1.29 is 8.42 Å². The Labute approximate surface area is 114 Å². The minimum absolute atomic E-state index is 0.0250. The molecule has 0 amide bonds. The van der Waals surface area contributed by atoms with E-state index >= 15 is 0 Å². The molecule has 1 aromatic rings. The largest absolute Gasteiger partial charge is 0.381 e. The first-order valence-corrected chi connectivity index (χ1v) is 8.10. The number of rotatable bonds is 3. The summed E-state index contributed by atoms with van der Waals surface area (Å²) in [5.74, 6) is 0.912. The first-order chi connectivity index (χ1) is 8.83. The van der Waals surface area contributed by atoms with Gasteiger partial charge in [0.2, 0.25) is 0 Å². The third kappa shape index (κ3) is 2.76. The van der Waals surface area contributed by atoms with Crippen molar-refractivity contribution in [1.82, 2.24) is 14.3 Å². The molecule has 1 heterocycles. The van der Waals surface area contributed by atoms with E-state index < -0.39 is 10.0 Å². The van der Waals surface area contributed by atoms with Crippen molar-refractivity contribution in [3.05, 3.63) is 6.33 Å². The van der Waals surface area contributed by atoms with Crippen LogP contribution in [0, 0.1) is 11.8 Å². The number of nitrogens with zero attached hydrogens (tertiary/aromatic N) is 2. The van der Waals surface area contributed by atoms with Crippen LogP contribution in [0.2, 0.25) is 0 Å². The van der Waals surface area contributed by atoms with Gasteiger partial charge in [0.05, 0.1) is 6.33 Å². The topological polar surface area (TPSA) is 90.0 Å². The molecule has 3 atom stereocenters. The van der Waals surface area contributed by atoms with Gasteiger partial charge in [-0.2, -0.15) is 0 Å². The summed E-state index contributed by atoms with van der Waals surface area (Å²) in [7, 11) is -1.98. The molecule has 0 radical (unpaired) electrons. The van der Waals surface area contributed by atoms with E-state index in [1.54, 1.807) is 7.05 Å². The third-order valence-corrected chi connectivity index (χ3v) is 5.80. The number of imidazole rings is 1. The van der Waals surface area contributed by atoms with Crippen LogP contribution in [-0.4, -0.2) is 24.0 Å². The fourth-order valence-electron chi connectivity index (χ4n) is 2.77. The van der Waals surface area contributed by atoms with Crippen molar-refractivity contribution in [2.45, 2.75) is 44.2 Å². The highest BCUT2D eigenvalue weighted by Gasteiger charge is 2.32. The van der Waals surface area contributed by atoms with E-state index in [4.69, 9.17) is 5.73 Å². The van der Waals surface area contributed by atoms with Gasteiger partial charge in [-0.05, 0) is 18.3 Å². The number of aryl methyl sites for hydroxylation is 1. The second-order valence-electron chi connectivity index (χ2n) is 5.54. The highest BCUT2D eigenvalue weighted by Crippen LogP contribution is 2.30. The molecule has 19 heavy (non-hydrogen) atoms. The van der Waals surface area contributed by atoms with Gasteiger partial charge in [-0.3, -0.25) is 0 Å². The van der Waals surface area contributed by atoms with Crippen molar-refractivity contribution in [3.63, 3.8) is 0 Å². The number of nitrogen functional groups attached to an aromatic ring is 1. The Morgan fingerprint density at radius 3 is 2.68 bits per heavy atom. The van der Waals surface area contributed by atoms with Crippen molar-refractivity contribution in [1.29, 1.82) is 0 Å². The van der Waals surface area contributed by atoms with Gasteiger partial charge in [0.25, 0.3) is 10.0 Å². The molecule has 108 valence electrons. The molecule has 7 heteroatoms. The molecule has 0 spiro atoms. The van der Waals surface area contributed by atoms with Gasteiger partial charge in [-0.1, -0.05) is 26.7 Å². The normalized spacial score (nSPS) is 28.5. The van der Waals surface area contributed by atoms with E-state index in [2.05, 4.69) is 23.6 Å². The van der Waals surface area contributed by atoms with E-state index in [9.17, 15) is 8.42 Å². The molecular formula is C12H22N4O2S. The van der Waals surface area contributed by atoms with Crippen LogP contribution in [0.5, 0.6) is 0 Å². The van der Waals surface area contributed by atoms with Crippen LogP contribution in [-0.2, 0) is 17.1 Å². The number of aromatic nitrogens is 2. The van der Waals surface area contributed by atoms with Gasteiger partial charge < -0.3 is 10.3 Å². The number of anilines is 1. The minimum Gasteiger partial charge on any atom is -0.381 e. The first kappa shape index (κ1) is 14.3. The molecule has 1 aliphatic rings. The highest BCUT2D eigenvalue weighted by molar-refractivity contribution is 7.89. The summed E-state index contributed by atoms with van der Waals surface area (Å²) in [6, 6.07) is -0.0250. The standard InChI is InChI=1S/C12H22N4O2S/c1-8-5-4-6-10(9(8)2)15-19(17,18)12-11(13)14-7-16(12)3/h7-10,15H,4-6,13H2,1-3H3. The second kappa shape index (κ2) is 5.13. The monoisotopic (exact) mass is 286 g/mol. The Hall–Kier alpha value is -1.08. The molecule has 1 aromatic heterocycles. The molecule has 1 aliphatic carbocycles. The molecule has 1 saturated carbocycles. The number of nitrogens with two attached hydrogens (primary N) is 1.